The van der Waals surface area contributed by atoms with E-state index in [1.165, 1.54) is 7.11 Å². The molecular weight excluding hydrogens is 424 g/mol. The predicted molar refractivity (Wildman–Crippen MR) is 114 cm³/mol. The van der Waals surface area contributed by atoms with Gasteiger partial charge in [0.05, 0.1) is 36.7 Å². The van der Waals surface area contributed by atoms with Crippen molar-refractivity contribution in [3.8, 4) is 0 Å². The lowest BCUT2D eigenvalue weighted by atomic mass is 10.1. The average molecular weight is 447 g/mol. The van der Waals surface area contributed by atoms with Crippen LogP contribution in [0.2, 0.25) is 0 Å². The molecule has 2 aromatic heterocycles. The molecule has 0 spiro atoms. The van der Waals surface area contributed by atoms with Crippen LogP contribution in [0.3, 0.4) is 0 Å². The lowest BCUT2D eigenvalue weighted by molar-refractivity contribution is -0.147. The minimum absolute atomic E-state index is 0.0121. The van der Waals surface area contributed by atoms with Gasteiger partial charge >= 0.3 is 5.97 Å². The van der Waals surface area contributed by atoms with Gasteiger partial charge in [0.1, 0.15) is 6.04 Å². The van der Waals surface area contributed by atoms with E-state index >= 15 is 0 Å². The van der Waals surface area contributed by atoms with Crippen LogP contribution in [0.25, 0.3) is 0 Å². The fraction of sp³-hybridized carbons (Fsp3) is 0.400. The Morgan fingerprint density at radius 1 is 1.27 bits per heavy atom. The van der Waals surface area contributed by atoms with Crippen LogP contribution >= 0.6 is 22.7 Å². The molecule has 4 heterocycles. The minimum Gasteiger partial charge on any atom is -0.469 e. The first-order valence-electron chi connectivity index (χ1n) is 9.62. The van der Waals surface area contributed by atoms with Crippen molar-refractivity contribution in [3.05, 3.63) is 44.8 Å². The summed E-state index contributed by atoms with van der Waals surface area (Å²) < 4.78 is 4.72. The Balaban J connectivity index is 1.54. The van der Waals surface area contributed by atoms with Crippen LogP contribution in [0.4, 0.5) is 0 Å². The Kier molecular flexibility index (Phi) is 6.26. The van der Waals surface area contributed by atoms with Crippen LogP contribution in [-0.4, -0.2) is 66.2 Å². The number of hydrogen-bond acceptors (Lipinski definition) is 8. The predicted octanol–water partition coefficient (Wildman–Crippen LogP) is 1.85. The molecule has 0 aromatic carbocycles. The highest BCUT2D eigenvalue weighted by molar-refractivity contribution is 7.12. The zero-order chi connectivity index (χ0) is 21.1. The summed E-state index contributed by atoms with van der Waals surface area (Å²) in [5.74, 6) is -0.937. The number of esters is 1. The summed E-state index contributed by atoms with van der Waals surface area (Å²) in [4.78, 5) is 41.2. The number of amides is 2. The molecule has 1 fully saturated rings. The Morgan fingerprint density at radius 2 is 2.07 bits per heavy atom. The van der Waals surface area contributed by atoms with Crippen LogP contribution in [0.15, 0.2) is 40.1 Å². The molecular formula is C20H22N4O4S2. The van der Waals surface area contributed by atoms with E-state index < -0.39 is 12.0 Å². The van der Waals surface area contributed by atoms with Gasteiger partial charge in [-0.2, -0.15) is 5.10 Å². The van der Waals surface area contributed by atoms with Gasteiger partial charge in [0.15, 0.2) is 0 Å². The number of thiophene rings is 2. The second-order valence-corrected chi connectivity index (χ2v) is 8.98. The van der Waals surface area contributed by atoms with E-state index in [2.05, 4.69) is 10.4 Å². The summed E-state index contributed by atoms with van der Waals surface area (Å²) in [6.45, 7) is 0.929. The van der Waals surface area contributed by atoms with Crippen molar-refractivity contribution in [3.63, 3.8) is 0 Å². The number of methoxy groups -OCH3 is 1. The number of piperazine rings is 1. The van der Waals surface area contributed by atoms with Crippen molar-refractivity contribution in [2.45, 2.75) is 24.9 Å². The second kappa shape index (κ2) is 9.07. The van der Waals surface area contributed by atoms with Crippen molar-refractivity contribution < 1.29 is 19.1 Å². The Morgan fingerprint density at radius 3 is 2.77 bits per heavy atom. The molecule has 8 nitrogen and oxygen atoms in total. The van der Waals surface area contributed by atoms with E-state index in [0.29, 0.717) is 19.5 Å². The smallest absolute Gasteiger partial charge is 0.307 e. The zero-order valence-electron chi connectivity index (χ0n) is 16.4. The minimum atomic E-state index is -0.723. The largest absolute Gasteiger partial charge is 0.469 e. The third-order valence-electron chi connectivity index (χ3n) is 5.21. The average Bonchev–Trinajstić information content (AvgIpc) is 3.50. The highest BCUT2D eigenvalue weighted by Crippen LogP contribution is 2.36. The summed E-state index contributed by atoms with van der Waals surface area (Å²) in [5.41, 5.74) is 0.888. The molecule has 0 unspecified atom stereocenters. The molecule has 4 rings (SSSR count). The monoisotopic (exact) mass is 446 g/mol. The summed E-state index contributed by atoms with van der Waals surface area (Å²) in [6.07, 6.45) is 0.562. The fourth-order valence-corrected chi connectivity index (χ4v) is 5.23. The molecule has 10 heteroatoms. The standard InChI is InChI=1S/C20H22N4O4S2/c1-28-19(26)11-15-20(27)21-6-7-23(15)12-18(25)24-14(17-5-3-9-30-17)10-13(22-24)16-4-2-8-29-16/h2-5,8-9,14-15H,6-7,10-12H2,1H3,(H,21,27)/t14-,15+/m1/s1. The van der Waals surface area contributed by atoms with E-state index in [0.717, 1.165) is 15.5 Å². The molecule has 0 bridgehead atoms. The summed E-state index contributed by atoms with van der Waals surface area (Å²) >= 11 is 3.20. The number of hydrogen-bond donors (Lipinski definition) is 1. The Bertz CT molecular complexity index is 942. The lowest BCUT2D eigenvalue weighted by Crippen LogP contribution is -2.58. The molecule has 0 aliphatic carbocycles. The SMILES string of the molecule is COC(=O)C[C@H]1C(=O)NCCN1CC(=O)N1N=C(c2cccs2)C[C@@H]1c1cccs1. The third-order valence-corrected chi connectivity index (χ3v) is 7.10. The first-order chi connectivity index (χ1) is 14.6. The number of nitrogens with one attached hydrogen (secondary N) is 1. The van der Waals surface area contributed by atoms with Crippen LogP contribution in [-0.2, 0) is 19.1 Å². The highest BCUT2D eigenvalue weighted by Gasteiger charge is 2.38. The molecule has 0 radical (unpaired) electrons. The summed E-state index contributed by atoms with van der Waals surface area (Å²) in [6, 6.07) is 7.07. The molecule has 2 atom stereocenters. The van der Waals surface area contributed by atoms with Crippen molar-refractivity contribution in [2.24, 2.45) is 5.10 Å². The Hall–Kier alpha value is -2.56. The van der Waals surface area contributed by atoms with Crippen LogP contribution < -0.4 is 5.32 Å². The van der Waals surface area contributed by atoms with Crippen molar-refractivity contribution in [1.82, 2.24) is 15.2 Å². The lowest BCUT2D eigenvalue weighted by Gasteiger charge is -2.34. The maximum absolute atomic E-state index is 13.3. The van der Waals surface area contributed by atoms with Crippen molar-refractivity contribution in [1.29, 1.82) is 0 Å². The number of nitrogens with zero attached hydrogens (tertiary/aromatic N) is 3. The van der Waals surface area contributed by atoms with E-state index in [-0.39, 0.29) is 30.8 Å². The molecule has 30 heavy (non-hydrogen) atoms. The van der Waals surface area contributed by atoms with Gasteiger partial charge < -0.3 is 10.1 Å². The van der Waals surface area contributed by atoms with Gasteiger partial charge in [0.2, 0.25) is 5.91 Å². The summed E-state index contributed by atoms with van der Waals surface area (Å²) in [5, 5.41) is 12.9. The Labute approximate surface area is 182 Å². The van der Waals surface area contributed by atoms with E-state index in [4.69, 9.17) is 4.74 Å². The maximum atomic E-state index is 13.3. The highest BCUT2D eigenvalue weighted by atomic mass is 32.1. The number of carbonyl (C=O) groups excluding carboxylic acids is 3. The summed E-state index contributed by atoms with van der Waals surface area (Å²) in [7, 11) is 1.29. The van der Waals surface area contributed by atoms with Crippen LogP contribution in [0.1, 0.15) is 28.6 Å². The molecule has 2 aliphatic heterocycles. The zero-order valence-corrected chi connectivity index (χ0v) is 18.1. The number of hydrazone groups is 1. The normalized spacial score (nSPS) is 22.0. The number of carbonyl (C=O) groups is 3. The quantitative estimate of drug-likeness (QED) is 0.684. The number of rotatable bonds is 6. The molecule has 2 aromatic rings. The van der Waals surface area contributed by atoms with Gasteiger partial charge in [0.25, 0.3) is 5.91 Å². The van der Waals surface area contributed by atoms with E-state index in [1.807, 2.05) is 35.0 Å². The molecule has 2 amide bonds. The van der Waals surface area contributed by atoms with Gasteiger partial charge in [-0.15, -0.1) is 22.7 Å². The first-order valence-corrected chi connectivity index (χ1v) is 11.4. The van der Waals surface area contributed by atoms with E-state index in [1.54, 1.807) is 32.6 Å². The molecule has 0 saturated carbocycles. The topological polar surface area (TPSA) is 91.3 Å². The van der Waals surface area contributed by atoms with Gasteiger partial charge in [-0.1, -0.05) is 12.1 Å². The maximum Gasteiger partial charge on any atom is 0.307 e. The van der Waals surface area contributed by atoms with Gasteiger partial charge in [-0.3, -0.25) is 19.3 Å². The van der Waals surface area contributed by atoms with Gasteiger partial charge in [0, 0.05) is 24.4 Å². The van der Waals surface area contributed by atoms with E-state index in [9.17, 15) is 14.4 Å². The van der Waals surface area contributed by atoms with Crippen molar-refractivity contribution in [2.75, 3.05) is 26.7 Å². The molecule has 158 valence electrons. The number of ether oxygens (including phenoxy) is 1. The first kappa shape index (κ1) is 20.7. The fourth-order valence-electron chi connectivity index (χ4n) is 3.69. The second-order valence-electron chi connectivity index (χ2n) is 7.06. The van der Waals surface area contributed by atoms with Crippen LogP contribution in [0, 0.1) is 0 Å². The van der Waals surface area contributed by atoms with Crippen LogP contribution in [0.5, 0.6) is 0 Å². The molecule has 1 saturated heterocycles. The third kappa shape index (κ3) is 4.30. The van der Waals surface area contributed by atoms with Gasteiger partial charge in [-0.05, 0) is 22.9 Å². The van der Waals surface area contributed by atoms with Crippen molar-refractivity contribution >= 4 is 46.2 Å². The molecule has 1 N–H and O–H groups in total. The van der Waals surface area contributed by atoms with Gasteiger partial charge in [-0.25, -0.2) is 5.01 Å². The molecule has 2 aliphatic rings.